The van der Waals surface area contributed by atoms with Crippen LogP contribution in [0.4, 0.5) is 0 Å². The zero-order valence-electron chi connectivity index (χ0n) is 13.7. The lowest BCUT2D eigenvalue weighted by molar-refractivity contribution is 0.313. The van der Waals surface area contributed by atoms with Crippen LogP contribution in [0.1, 0.15) is 19.4 Å². The molecule has 1 aromatic rings. The van der Waals surface area contributed by atoms with E-state index in [2.05, 4.69) is 0 Å². The highest BCUT2D eigenvalue weighted by Gasteiger charge is 2.17. The van der Waals surface area contributed by atoms with E-state index < -0.39 is 0 Å². The van der Waals surface area contributed by atoms with Crippen LogP contribution in [-0.4, -0.2) is 5.11 Å². The average molecular weight is 330 g/mol. The van der Waals surface area contributed by atoms with E-state index in [1.807, 2.05) is 25.1 Å². The van der Waals surface area contributed by atoms with Gasteiger partial charge < -0.3 is 14.6 Å². The summed E-state index contributed by atoms with van der Waals surface area (Å²) in [5.74, 6) is 2.24. The Balaban J connectivity index is 2.00. The van der Waals surface area contributed by atoms with Crippen molar-refractivity contribution >= 4 is 5.57 Å². The zero-order chi connectivity index (χ0) is 18.0. The molecule has 0 radical (unpaired) electrons. The number of phenolic OH excluding ortho intramolecular Hbond substituents is 1. The van der Waals surface area contributed by atoms with Gasteiger partial charge in [-0.1, -0.05) is 0 Å². The molecule has 0 saturated heterocycles. The van der Waals surface area contributed by atoms with Gasteiger partial charge >= 0.3 is 0 Å². The highest BCUT2D eigenvalue weighted by molar-refractivity contribution is 5.74. The van der Waals surface area contributed by atoms with Gasteiger partial charge in [-0.3, -0.25) is 0 Å². The summed E-state index contributed by atoms with van der Waals surface area (Å²) in [5, 5.41) is 27.7. The third-order valence-electron chi connectivity index (χ3n) is 3.71. The summed E-state index contributed by atoms with van der Waals surface area (Å²) < 4.78 is 11.4. The maximum absolute atomic E-state index is 9.64. The Bertz CT molecular complexity index is 977. The van der Waals surface area contributed by atoms with Gasteiger partial charge in [0.2, 0.25) is 0 Å². The topological polar surface area (TPSA) is 86.3 Å². The molecule has 0 saturated carbocycles. The minimum Gasteiger partial charge on any atom is -0.508 e. The van der Waals surface area contributed by atoms with Crippen LogP contribution in [0.15, 0.2) is 70.9 Å². The highest BCUT2D eigenvalue weighted by atomic mass is 16.5. The second-order valence-corrected chi connectivity index (χ2v) is 5.61. The third-order valence-corrected chi connectivity index (χ3v) is 3.71. The number of benzene rings is 1. The van der Waals surface area contributed by atoms with Crippen molar-refractivity contribution in [2.75, 3.05) is 0 Å². The number of ether oxygens (including phenoxy) is 2. The summed E-state index contributed by atoms with van der Waals surface area (Å²) in [5.41, 5.74) is 2.41. The Morgan fingerprint density at radius 3 is 2.56 bits per heavy atom. The second-order valence-electron chi connectivity index (χ2n) is 5.61. The summed E-state index contributed by atoms with van der Waals surface area (Å²) in [4.78, 5) is 0. The van der Waals surface area contributed by atoms with E-state index in [4.69, 9.17) is 20.0 Å². The number of phenols is 1. The summed E-state index contributed by atoms with van der Waals surface area (Å²) >= 11 is 0. The number of nitriles is 2. The molecule has 0 aromatic heterocycles. The molecule has 25 heavy (non-hydrogen) atoms. The van der Waals surface area contributed by atoms with E-state index >= 15 is 0 Å². The van der Waals surface area contributed by atoms with E-state index in [0.29, 0.717) is 28.6 Å². The van der Waals surface area contributed by atoms with Crippen LogP contribution in [-0.2, 0) is 4.74 Å². The number of fused-ring (bicyclic) bond motifs is 1. The molecule has 0 bridgehead atoms. The predicted molar refractivity (Wildman–Crippen MR) is 91.6 cm³/mol. The van der Waals surface area contributed by atoms with Gasteiger partial charge in [0.15, 0.2) is 0 Å². The molecule has 2 aliphatic heterocycles. The minimum absolute atomic E-state index is 0.0186. The maximum atomic E-state index is 9.64. The van der Waals surface area contributed by atoms with Crippen LogP contribution >= 0.6 is 0 Å². The van der Waals surface area contributed by atoms with Gasteiger partial charge in [-0.2, -0.15) is 10.5 Å². The van der Waals surface area contributed by atoms with E-state index in [0.717, 1.165) is 11.1 Å². The van der Waals surface area contributed by atoms with E-state index in [1.165, 1.54) is 0 Å². The van der Waals surface area contributed by atoms with E-state index in [1.54, 1.807) is 43.4 Å². The largest absolute Gasteiger partial charge is 0.508 e. The molecule has 0 aliphatic carbocycles. The van der Waals surface area contributed by atoms with Crippen molar-refractivity contribution in [1.82, 2.24) is 0 Å². The Labute approximate surface area is 145 Å². The number of hydrogen-bond acceptors (Lipinski definition) is 5. The number of aromatic hydroxyl groups is 1. The Morgan fingerprint density at radius 2 is 1.84 bits per heavy atom. The lowest BCUT2D eigenvalue weighted by atomic mass is 10.0. The van der Waals surface area contributed by atoms with E-state index in [-0.39, 0.29) is 11.3 Å². The molecule has 122 valence electrons. The number of hydrogen-bond donors (Lipinski definition) is 1. The van der Waals surface area contributed by atoms with Crippen LogP contribution in [0.25, 0.3) is 5.57 Å². The number of nitrogens with zero attached hydrogens (tertiary/aromatic N) is 2. The van der Waals surface area contributed by atoms with Crippen molar-refractivity contribution in [2.24, 2.45) is 0 Å². The molecule has 1 N–H and O–H groups in total. The van der Waals surface area contributed by atoms with Crippen molar-refractivity contribution in [3.05, 3.63) is 76.5 Å². The molecule has 0 fully saturated rings. The van der Waals surface area contributed by atoms with Crippen molar-refractivity contribution in [3.63, 3.8) is 0 Å². The molecule has 0 atom stereocenters. The lowest BCUT2D eigenvalue weighted by Crippen LogP contribution is -2.04. The summed E-state index contributed by atoms with van der Waals surface area (Å²) in [6.07, 6.45) is 6.79. The van der Waals surface area contributed by atoms with Crippen molar-refractivity contribution in [1.29, 1.82) is 10.5 Å². The Morgan fingerprint density at radius 1 is 1.08 bits per heavy atom. The van der Waals surface area contributed by atoms with Gasteiger partial charge in [-0.15, -0.1) is 0 Å². The van der Waals surface area contributed by atoms with Gasteiger partial charge in [-0.25, -0.2) is 0 Å². The van der Waals surface area contributed by atoms with Crippen molar-refractivity contribution < 1.29 is 14.6 Å². The highest BCUT2D eigenvalue weighted by Crippen LogP contribution is 2.36. The smallest absolute Gasteiger partial charge is 0.138 e. The summed E-state index contributed by atoms with van der Waals surface area (Å²) in [6, 6.07) is 8.70. The number of allylic oxidation sites excluding steroid dienone is 8. The average Bonchev–Trinajstić information content (AvgIpc) is 2.55. The molecule has 2 heterocycles. The van der Waals surface area contributed by atoms with Crippen molar-refractivity contribution in [2.45, 2.75) is 13.8 Å². The predicted octanol–water partition coefficient (Wildman–Crippen LogP) is 4.23. The standard InChI is InChI=1S/C20H14N2O3/c1-12-5-17(25-20-8-16(23)3-4-19(12)20)9-18-7-14(6-13(2)24-18)15(10-21)11-22/h3-9,23H,1-2H3/b17-9+. The van der Waals surface area contributed by atoms with Gasteiger partial charge in [-0.05, 0) is 49.8 Å². The minimum atomic E-state index is 0.0186. The Hall–Kier alpha value is -3.70. The van der Waals surface area contributed by atoms with Gasteiger partial charge in [0.05, 0.1) is 0 Å². The molecular formula is C20H14N2O3. The SMILES string of the molecule is CC1=CC(=C(C#N)C#N)C=C(/C=C2\C=C(C)c3ccc(O)cc3O2)O1. The van der Waals surface area contributed by atoms with Crippen LogP contribution < -0.4 is 4.74 Å². The monoisotopic (exact) mass is 330 g/mol. The lowest BCUT2D eigenvalue weighted by Gasteiger charge is -2.20. The molecular weight excluding hydrogens is 316 g/mol. The molecule has 5 heteroatoms. The van der Waals surface area contributed by atoms with Crippen LogP contribution in [0.3, 0.4) is 0 Å². The zero-order valence-corrected chi connectivity index (χ0v) is 13.7. The van der Waals surface area contributed by atoms with Gasteiger partial charge in [0.1, 0.15) is 46.5 Å². The van der Waals surface area contributed by atoms with Crippen LogP contribution in [0, 0.1) is 22.7 Å². The fraction of sp³-hybridized carbons (Fsp3) is 0.100. The number of rotatable bonds is 1. The second kappa shape index (κ2) is 6.43. The van der Waals surface area contributed by atoms with Crippen LogP contribution in [0.2, 0.25) is 0 Å². The first-order valence-electron chi connectivity index (χ1n) is 7.53. The molecule has 3 rings (SSSR count). The summed E-state index contributed by atoms with van der Waals surface area (Å²) in [7, 11) is 0. The Kier molecular flexibility index (Phi) is 4.16. The molecule has 0 amide bonds. The normalized spacial score (nSPS) is 17.0. The molecule has 5 nitrogen and oxygen atoms in total. The first-order chi connectivity index (χ1) is 12.0. The first-order valence-corrected chi connectivity index (χ1v) is 7.53. The fourth-order valence-electron chi connectivity index (χ4n) is 2.61. The van der Waals surface area contributed by atoms with Crippen LogP contribution in [0.5, 0.6) is 11.5 Å². The maximum Gasteiger partial charge on any atom is 0.138 e. The van der Waals surface area contributed by atoms with Crippen molar-refractivity contribution in [3.8, 4) is 23.6 Å². The third kappa shape index (κ3) is 3.31. The molecule has 2 aliphatic rings. The quantitative estimate of drug-likeness (QED) is 0.779. The van der Waals surface area contributed by atoms with Gasteiger partial charge in [0, 0.05) is 23.3 Å². The van der Waals surface area contributed by atoms with E-state index in [9.17, 15) is 5.11 Å². The fourth-order valence-corrected chi connectivity index (χ4v) is 2.61. The first kappa shape index (κ1) is 16.2. The van der Waals surface area contributed by atoms with Gasteiger partial charge in [0.25, 0.3) is 0 Å². The molecule has 1 aromatic carbocycles. The summed E-state index contributed by atoms with van der Waals surface area (Å²) in [6.45, 7) is 3.69. The molecule has 0 unspecified atom stereocenters. The molecule has 0 spiro atoms.